The van der Waals surface area contributed by atoms with E-state index in [0.29, 0.717) is 0 Å². The molecule has 6 heteroatoms. The molecular weight excluding hydrogens is 292 g/mol. The van der Waals surface area contributed by atoms with Gasteiger partial charge in [-0.25, -0.2) is 4.57 Å². The second-order valence-corrected chi connectivity index (χ2v) is 8.01. The number of rotatable bonds is 2. The monoisotopic (exact) mass is 299 g/mol. The van der Waals surface area contributed by atoms with Crippen LogP contribution >= 0.6 is 28.6 Å². The Balaban J connectivity index is 2.42. The Hall–Kier alpha value is -1.15. The third-order valence-electron chi connectivity index (χ3n) is 2.71. The Kier molecular flexibility index (Phi) is 2.78. The Morgan fingerprint density at radius 2 is 1.33 bits per heavy atom. The lowest BCUT2D eigenvalue weighted by Gasteiger charge is -2.08. The highest BCUT2D eigenvalue weighted by atomic mass is 35.9. The fourth-order valence-corrected chi connectivity index (χ4v) is 2.81. The summed E-state index contributed by atoms with van der Waals surface area (Å²) >= 11 is 11.0. The third kappa shape index (κ3) is 1.99. The molecule has 3 nitrogen and oxygen atoms in total. The molecule has 18 heavy (non-hydrogen) atoms. The molecule has 0 bridgehead atoms. The molecule has 0 saturated heterocycles. The molecular formula is C12H8Cl2NO2P. The second-order valence-electron chi connectivity index (χ2n) is 3.82. The van der Waals surface area contributed by atoms with Crippen LogP contribution in [0, 0.1) is 0 Å². The molecule has 3 aromatic rings. The average molecular weight is 300 g/mol. The number of halogens is 2. The molecule has 0 N–H and O–H groups in total. The number of para-hydroxylation sites is 2. The Labute approximate surface area is 113 Å². The number of hydrogen-bond donors (Lipinski definition) is 0. The maximum atomic E-state index is 11.5. The van der Waals surface area contributed by atoms with Gasteiger partial charge in [0, 0.05) is 33.3 Å². The van der Waals surface area contributed by atoms with Crippen molar-refractivity contribution in [1.82, 2.24) is 4.73 Å². The van der Waals surface area contributed by atoms with Crippen molar-refractivity contribution in [3.05, 3.63) is 48.5 Å². The highest BCUT2D eigenvalue weighted by molar-refractivity contribution is 8.05. The molecule has 92 valence electrons. The molecule has 0 saturated carbocycles. The summed E-state index contributed by atoms with van der Waals surface area (Å²) in [4.78, 5) is 0. The number of nitrogens with zero attached hydrogens (tertiary/aromatic N) is 1. The minimum Gasteiger partial charge on any atom is -0.329 e. The molecule has 0 spiro atoms. The standard InChI is InChI=1S/C12H8Cl2NO2P/c13-18(14,16)17-15-11-7-3-1-5-9(11)10-6-2-4-8-12(10)15/h1-8H. The van der Waals surface area contributed by atoms with Crippen LogP contribution in [0.4, 0.5) is 0 Å². The molecule has 0 amide bonds. The van der Waals surface area contributed by atoms with Crippen LogP contribution in [0.5, 0.6) is 0 Å². The van der Waals surface area contributed by atoms with Crippen molar-refractivity contribution < 1.29 is 9.19 Å². The lowest BCUT2D eigenvalue weighted by atomic mass is 10.2. The first-order valence-corrected chi connectivity index (χ1v) is 8.67. The van der Waals surface area contributed by atoms with E-state index in [-0.39, 0.29) is 0 Å². The maximum absolute atomic E-state index is 11.5. The summed E-state index contributed by atoms with van der Waals surface area (Å²) in [7, 11) is 0. The minimum absolute atomic E-state index is 0.778. The molecule has 0 atom stereocenters. The quantitative estimate of drug-likeness (QED) is 0.636. The highest BCUT2D eigenvalue weighted by Gasteiger charge is 2.20. The Morgan fingerprint density at radius 3 is 1.78 bits per heavy atom. The van der Waals surface area contributed by atoms with Gasteiger partial charge in [0.2, 0.25) is 0 Å². The van der Waals surface area contributed by atoms with Gasteiger partial charge in [-0.1, -0.05) is 36.4 Å². The largest absolute Gasteiger partial charge is 0.446 e. The van der Waals surface area contributed by atoms with Gasteiger partial charge in [-0.2, -0.15) is 4.73 Å². The second kappa shape index (κ2) is 4.20. The van der Waals surface area contributed by atoms with Gasteiger partial charge in [-0.15, -0.1) is 0 Å². The van der Waals surface area contributed by atoms with Crippen molar-refractivity contribution in [2.45, 2.75) is 0 Å². The van der Waals surface area contributed by atoms with Gasteiger partial charge in [-0.05, 0) is 12.1 Å². The van der Waals surface area contributed by atoms with E-state index in [2.05, 4.69) is 0 Å². The van der Waals surface area contributed by atoms with Crippen LogP contribution in [0.2, 0.25) is 0 Å². The predicted octanol–water partition coefficient (Wildman–Crippen LogP) is 4.81. The zero-order valence-corrected chi connectivity index (χ0v) is 11.5. The zero-order valence-electron chi connectivity index (χ0n) is 9.09. The van der Waals surface area contributed by atoms with Gasteiger partial charge in [0.15, 0.2) is 0 Å². The Bertz CT molecular complexity index is 725. The van der Waals surface area contributed by atoms with E-state index in [4.69, 9.17) is 27.1 Å². The smallest absolute Gasteiger partial charge is 0.329 e. The lowest BCUT2D eigenvalue weighted by Crippen LogP contribution is -2.03. The minimum atomic E-state index is -3.66. The molecule has 0 aliphatic rings. The molecule has 3 rings (SSSR count). The van der Waals surface area contributed by atoms with E-state index in [9.17, 15) is 4.57 Å². The molecule has 0 aliphatic carbocycles. The molecule has 0 aliphatic heterocycles. The van der Waals surface area contributed by atoms with E-state index in [1.807, 2.05) is 48.5 Å². The predicted molar refractivity (Wildman–Crippen MR) is 75.3 cm³/mol. The van der Waals surface area contributed by atoms with E-state index >= 15 is 0 Å². The van der Waals surface area contributed by atoms with Crippen molar-refractivity contribution in [3.8, 4) is 0 Å². The van der Waals surface area contributed by atoms with Gasteiger partial charge in [0.05, 0.1) is 11.0 Å². The van der Waals surface area contributed by atoms with Crippen LogP contribution in [-0.2, 0) is 4.57 Å². The van der Waals surface area contributed by atoms with Crippen molar-refractivity contribution in [3.63, 3.8) is 0 Å². The van der Waals surface area contributed by atoms with Crippen LogP contribution in [0.1, 0.15) is 0 Å². The lowest BCUT2D eigenvalue weighted by molar-refractivity contribution is 0.319. The molecule has 2 aromatic carbocycles. The van der Waals surface area contributed by atoms with Crippen LogP contribution in [0.25, 0.3) is 21.8 Å². The summed E-state index contributed by atoms with van der Waals surface area (Å²) < 4.78 is 18.1. The summed E-state index contributed by atoms with van der Waals surface area (Å²) in [6.45, 7) is 0. The van der Waals surface area contributed by atoms with Gasteiger partial charge in [0.1, 0.15) is 0 Å². The van der Waals surface area contributed by atoms with Crippen LogP contribution in [0.3, 0.4) is 0 Å². The fourth-order valence-electron chi connectivity index (χ4n) is 2.07. The molecule has 1 aromatic heterocycles. The van der Waals surface area contributed by atoms with Crippen LogP contribution in [-0.4, -0.2) is 4.73 Å². The topological polar surface area (TPSA) is 31.2 Å². The fraction of sp³-hybridized carbons (Fsp3) is 0. The van der Waals surface area contributed by atoms with Crippen LogP contribution < -0.4 is 4.62 Å². The SMILES string of the molecule is O=P(Cl)(Cl)On1c2ccccc2c2ccccc21. The van der Waals surface area contributed by atoms with Gasteiger partial charge in [-0.3, -0.25) is 0 Å². The molecule has 0 fully saturated rings. The maximum Gasteiger partial charge on any atom is 0.446 e. The molecule has 1 heterocycles. The molecule has 0 radical (unpaired) electrons. The van der Waals surface area contributed by atoms with Crippen molar-refractivity contribution >= 4 is 50.4 Å². The van der Waals surface area contributed by atoms with Crippen molar-refractivity contribution in [1.29, 1.82) is 0 Å². The van der Waals surface area contributed by atoms with Gasteiger partial charge in [0.25, 0.3) is 0 Å². The van der Waals surface area contributed by atoms with Gasteiger partial charge < -0.3 is 4.62 Å². The summed E-state index contributed by atoms with van der Waals surface area (Å²) in [5.74, 6) is 0. The Morgan fingerprint density at radius 1 is 0.889 bits per heavy atom. The number of benzene rings is 2. The first-order valence-electron chi connectivity index (χ1n) is 5.24. The van der Waals surface area contributed by atoms with E-state index in [1.54, 1.807) is 0 Å². The van der Waals surface area contributed by atoms with E-state index in [1.165, 1.54) is 4.73 Å². The van der Waals surface area contributed by atoms with E-state index in [0.717, 1.165) is 21.8 Å². The zero-order chi connectivity index (χ0) is 12.8. The van der Waals surface area contributed by atoms with E-state index < -0.39 is 6.07 Å². The first kappa shape index (κ1) is 11.9. The number of hydrogen-bond acceptors (Lipinski definition) is 2. The number of aromatic nitrogens is 1. The van der Waals surface area contributed by atoms with Crippen molar-refractivity contribution in [2.75, 3.05) is 0 Å². The summed E-state index contributed by atoms with van der Waals surface area (Å²) in [5.41, 5.74) is 1.56. The first-order chi connectivity index (χ1) is 8.56. The summed E-state index contributed by atoms with van der Waals surface area (Å²) in [6, 6.07) is 15.2. The molecule has 0 unspecified atom stereocenters. The third-order valence-corrected chi connectivity index (χ3v) is 3.44. The number of fused-ring (bicyclic) bond motifs is 3. The average Bonchev–Trinajstić information content (AvgIpc) is 2.64. The summed E-state index contributed by atoms with van der Waals surface area (Å²) in [6.07, 6.45) is -3.66. The summed E-state index contributed by atoms with van der Waals surface area (Å²) in [5, 5.41) is 1.99. The van der Waals surface area contributed by atoms with Crippen LogP contribution in [0.15, 0.2) is 48.5 Å². The van der Waals surface area contributed by atoms with Crippen molar-refractivity contribution in [2.24, 2.45) is 0 Å². The normalized spacial score (nSPS) is 12.1. The van der Waals surface area contributed by atoms with Gasteiger partial charge >= 0.3 is 6.07 Å². The highest BCUT2D eigenvalue weighted by Crippen LogP contribution is 2.55.